The summed E-state index contributed by atoms with van der Waals surface area (Å²) in [6.07, 6.45) is 1.18. The Morgan fingerprint density at radius 1 is 1.47 bits per heavy atom. The maximum atomic E-state index is 13.1. The van der Waals surface area contributed by atoms with Crippen LogP contribution in [0.1, 0.15) is 32.8 Å². The topological polar surface area (TPSA) is 17.1 Å². The van der Waals surface area contributed by atoms with E-state index in [2.05, 4.69) is 0 Å². The van der Waals surface area contributed by atoms with Crippen molar-refractivity contribution < 1.29 is 9.18 Å². The van der Waals surface area contributed by atoms with Crippen LogP contribution in [0.25, 0.3) is 0 Å². The normalized spacial score (nSPS) is 14.7. The number of hydrogen-bond acceptors (Lipinski definition) is 1. The van der Waals surface area contributed by atoms with Crippen LogP contribution in [-0.2, 0) is 11.2 Å². The Labute approximate surface area is 107 Å². The van der Waals surface area contributed by atoms with Crippen LogP contribution in [-0.4, -0.2) is 5.24 Å². The van der Waals surface area contributed by atoms with Crippen molar-refractivity contribution in [3.8, 4) is 0 Å². The van der Waals surface area contributed by atoms with E-state index in [0.29, 0.717) is 18.8 Å². The van der Waals surface area contributed by atoms with Crippen molar-refractivity contribution in [1.82, 2.24) is 0 Å². The molecular weight excluding hydrogens is 239 g/mol. The summed E-state index contributed by atoms with van der Waals surface area (Å²) in [4.78, 5) is 11.6. The first kappa shape index (κ1) is 14.2. The molecule has 1 aromatic carbocycles. The zero-order valence-electron chi connectivity index (χ0n) is 10.5. The molecule has 0 radical (unpaired) electrons. The van der Waals surface area contributed by atoms with Gasteiger partial charge in [-0.3, -0.25) is 4.79 Å². The standard InChI is InChI=1S/C14H18ClFO/c1-10(2)8-14(3,13(15)17)9-11-5-4-6-12(16)7-11/h4-7,10H,8-9H2,1-3H3/t14-/m0/s1. The van der Waals surface area contributed by atoms with Crippen LogP contribution in [0.2, 0.25) is 0 Å². The molecule has 0 amide bonds. The molecule has 1 aromatic rings. The molecule has 0 unspecified atom stereocenters. The van der Waals surface area contributed by atoms with Crippen LogP contribution in [0.5, 0.6) is 0 Å². The van der Waals surface area contributed by atoms with E-state index >= 15 is 0 Å². The highest BCUT2D eigenvalue weighted by Crippen LogP contribution is 2.33. The van der Waals surface area contributed by atoms with Gasteiger partial charge in [-0.05, 0) is 48.1 Å². The fraction of sp³-hybridized carbons (Fsp3) is 0.500. The van der Waals surface area contributed by atoms with Crippen LogP contribution in [0.15, 0.2) is 24.3 Å². The van der Waals surface area contributed by atoms with Crippen molar-refractivity contribution in [2.45, 2.75) is 33.6 Å². The average molecular weight is 257 g/mol. The van der Waals surface area contributed by atoms with Crippen molar-refractivity contribution in [2.75, 3.05) is 0 Å². The second-order valence-corrected chi connectivity index (χ2v) is 5.58. The van der Waals surface area contributed by atoms with Crippen molar-refractivity contribution in [3.05, 3.63) is 35.6 Å². The van der Waals surface area contributed by atoms with E-state index in [9.17, 15) is 9.18 Å². The summed E-state index contributed by atoms with van der Waals surface area (Å²) < 4.78 is 13.1. The Hall–Kier alpha value is -0.890. The molecule has 0 saturated carbocycles. The minimum absolute atomic E-state index is 0.281. The number of halogens is 2. The van der Waals surface area contributed by atoms with Crippen molar-refractivity contribution >= 4 is 16.8 Å². The van der Waals surface area contributed by atoms with Gasteiger partial charge in [0, 0.05) is 5.41 Å². The van der Waals surface area contributed by atoms with Gasteiger partial charge >= 0.3 is 0 Å². The van der Waals surface area contributed by atoms with Gasteiger partial charge in [0.2, 0.25) is 5.24 Å². The Morgan fingerprint density at radius 3 is 2.59 bits per heavy atom. The highest BCUT2D eigenvalue weighted by Gasteiger charge is 2.32. The quantitative estimate of drug-likeness (QED) is 0.722. The van der Waals surface area contributed by atoms with Crippen LogP contribution >= 0.6 is 11.6 Å². The molecule has 17 heavy (non-hydrogen) atoms. The van der Waals surface area contributed by atoms with Crippen LogP contribution in [0.4, 0.5) is 4.39 Å². The highest BCUT2D eigenvalue weighted by atomic mass is 35.5. The Bertz CT molecular complexity index is 403. The van der Waals surface area contributed by atoms with Gasteiger partial charge in [0.25, 0.3) is 0 Å². The molecule has 0 heterocycles. The molecular formula is C14H18ClFO. The van der Waals surface area contributed by atoms with Gasteiger partial charge < -0.3 is 0 Å². The lowest BCUT2D eigenvalue weighted by Gasteiger charge is -2.27. The number of benzene rings is 1. The van der Waals surface area contributed by atoms with Gasteiger partial charge in [0.05, 0.1) is 0 Å². The van der Waals surface area contributed by atoms with E-state index < -0.39 is 5.41 Å². The number of rotatable bonds is 5. The monoisotopic (exact) mass is 256 g/mol. The number of carbonyl (C=O) groups excluding carboxylic acids is 1. The molecule has 0 N–H and O–H groups in total. The van der Waals surface area contributed by atoms with Gasteiger partial charge in [0.1, 0.15) is 5.82 Å². The first-order valence-corrected chi connectivity index (χ1v) is 6.16. The van der Waals surface area contributed by atoms with Gasteiger partial charge in [-0.2, -0.15) is 0 Å². The smallest absolute Gasteiger partial charge is 0.227 e. The molecule has 3 heteroatoms. The first-order valence-electron chi connectivity index (χ1n) is 5.78. The van der Waals surface area contributed by atoms with Gasteiger partial charge in [-0.1, -0.05) is 32.9 Å². The lowest BCUT2D eigenvalue weighted by atomic mass is 9.78. The summed E-state index contributed by atoms with van der Waals surface area (Å²) in [5.41, 5.74) is 0.186. The lowest BCUT2D eigenvalue weighted by Crippen LogP contribution is -2.28. The van der Waals surface area contributed by atoms with Crippen molar-refractivity contribution in [2.24, 2.45) is 11.3 Å². The lowest BCUT2D eigenvalue weighted by molar-refractivity contribution is -0.120. The molecule has 0 fully saturated rings. The largest absolute Gasteiger partial charge is 0.281 e. The fourth-order valence-corrected chi connectivity index (χ4v) is 2.36. The molecule has 1 atom stereocenters. The fourth-order valence-electron chi connectivity index (χ4n) is 2.22. The average Bonchev–Trinajstić information content (AvgIpc) is 2.15. The van der Waals surface area contributed by atoms with Crippen molar-refractivity contribution in [3.63, 3.8) is 0 Å². The Kier molecular flexibility index (Phi) is 4.70. The van der Waals surface area contributed by atoms with E-state index in [1.165, 1.54) is 12.1 Å². The summed E-state index contributed by atoms with van der Waals surface area (Å²) >= 11 is 5.69. The molecule has 0 aliphatic heterocycles. The van der Waals surface area contributed by atoms with Crippen LogP contribution < -0.4 is 0 Å². The SMILES string of the molecule is CC(C)C[C@@](C)(Cc1cccc(F)c1)C(=O)Cl. The molecule has 94 valence electrons. The summed E-state index contributed by atoms with van der Waals surface area (Å²) in [6, 6.07) is 6.32. The molecule has 0 aliphatic rings. The summed E-state index contributed by atoms with van der Waals surface area (Å²) in [5, 5.41) is -0.351. The Balaban J connectivity index is 2.90. The van der Waals surface area contributed by atoms with E-state index in [0.717, 1.165) is 5.56 Å². The minimum atomic E-state index is -0.622. The van der Waals surface area contributed by atoms with E-state index in [1.54, 1.807) is 6.07 Å². The van der Waals surface area contributed by atoms with Gasteiger partial charge in [-0.25, -0.2) is 4.39 Å². The van der Waals surface area contributed by atoms with Crippen molar-refractivity contribution in [1.29, 1.82) is 0 Å². The molecule has 0 bridgehead atoms. The second-order valence-electron chi connectivity index (χ2n) is 5.24. The third-order valence-corrected chi connectivity index (χ3v) is 3.27. The van der Waals surface area contributed by atoms with Gasteiger partial charge in [0.15, 0.2) is 0 Å². The maximum absolute atomic E-state index is 13.1. The zero-order chi connectivity index (χ0) is 13.1. The molecule has 0 saturated heterocycles. The third kappa shape index (κ3) is 4.12. The summed E-state index contributed by atoms with van der Waals surface area (Å²) in [7, 11) is 0. The molecule has 0 aromatic heterocycles. The Morgan fingerprint density at radius 2 is 2.12 bits per heavy atom. The summed E-state index contributed by atoms with van der Waals surface area (Å²) in [6.45, 7) is 5.93. The third-order valence-electron chi connectivity index (χ3n) is 2.82. The number of hydrogen-bond donors (Lipinski definition) is 0. The molecule has 0 aliphatic carbocycles. The first-order chi connectivity index (χ1) is 7.83. The molecule has 1 rings (SSSR count). The van der Waals surface area contributed by atoms with Crippen LogP contribution in [0.3, 0.4) is 0 Å². The van der Waals surface area contributed by atoms with Crippen LogP contribution in [0, 0.1) is 17.2 Å². The molecule has 1 nitrogen and oxygen atoms in total. The van der Waals surface area contributed by atoms with Gasteiger partial charge in [-0.15, -0.1) is 0 Å². The second kappa shape index (κ2) is 5.63. The zero-order valence-corrected chi connectivity index (χ0v) is 11.2. The minimum Gasteiger partial charge on any atom is -0.281 e. The maximum Gasteiger partial charge on any atom is 0.227 e. The van der Waals surface area contributed by atoms with E-state index in [-0.39, 0.29) is 11.1 Å². The predicted molar refractivity (Wildman–Crippen MR) is 68.5 cm³/mol. The number of carbonyl (C=O) groups is 1. The summed E-state index contributed by atoms with van der Waals surface area (Å²) in [5.74, 6) is 0.0904. The predicted octanol–water partition coefficient (Wildman–Crippen LogP) is 4.19. The highest BCUT2D eigenvalue weighted by molar-refractivity contribution is 6.64. The van der Waals surface area contributed by atoms with E-state index in [1.807, 2.05) is 26.8 Å². The molecule has 0 spiro atoms. The van der Waals surface area contributed by atoms with E-state index in [4.69, 9.17) is 11.6 Å².